The van der Waals surface area contributed by atoms with Crippen molar-refractivity contribution in [3.05, 3.63) is 58.7 Å². The van der Waals surface area contributed by atoms with E-state index in [1.165, 1.54) is 0 Å². The fourth-order valence-electron chi connectivity index (χ4n) is 7.57. The molecule has 2 aromatic carbocycles. The number of piperidine rings is 1. The molecule has 6 rings (SSSR count). The highest BCUT2D eigenvalue weighted by Crippen LogP contribution is 2.28. The highest BCUT2D eigenvalue weighted by Gasteiger charge is 2.36. The Morgan fingerprint density at radius 1 is 0.957 bits per heavy atom. The lowest BCUT2D eigenvalue weighted by molar-refractivity contribution is -0.143. The van der Waals surface area contributed by atoms with Crippen molar-refractivity contribution >= 4 is 23.7 Å². The number of urea groups is 1. The molecule has 0 saturated carbocycles. The number of ether oxygens (including phenoxy) is 2. The van der Waals surface area contributed by atoms with Crippen LogP contribution in [0.1, 0.15) is 54.9 Å². The van der Waals surface area contributed by atoms with Crippen LogP contribution in [-0.2, 0) is 33.5 Å². The molecule has 0 aromatic heterocycles. The molecule has 4 aliphatic heterocycles. The predicted molar refractivity (Wildman–Crippen MR) is 179 cm³/mol. The Hall–Kier alpha value is -3.83. The summed E-state index contributed by atoms with van der Waals surface area (Å²) in [6, 6.07) is 12.1. The molecular weight excluding hydrogens is 598 g/mol. The first-order chi connectivity index (χ1) is 22.8. The summed E-state index contributed by atoms with van der Waals surface area (Å²) in [4.78, 5) is 48.6. The summed E-state index contributed by atoms with van der Waals surface area (Å²) < 4.78 is 11.6. The smallest absolute Gasteiger partial charge is 0.410 e. The Balaban J connectivity index is 1.10. The van der Waals surface area contributed by atoms with E-state index in [0.717, 1.165) is 73.5 Å². The van der Waals surface area contributed by atoms with Crippen LogP contribution >= 0.6 is 0 Å². The second-order valence-corrected chi connectivity index (χ2v) is 13.3. The number of carbonyl (C=O) groups is 3. The molecule has 3 fully saturated rings. The van der Waals surface area contributed by atoms with Gasteiger partial charge in [0.15, 0.2) is 6.10 Å². The van der Waals surface area contributed by atoms with Crippen molar-refractivity contribution in [2.45, 2.75) is 77.0 Å². The van der Waals surface area contributed by atoms with Crippen molar-refractivity contribution in [2.75, 3.05) is 64.3 Å². The summed E-state index contributed by atoms with van der Waals surface area (Å²) in [5.41, 5.74) is 4.39. The van der Waals surface area contributed by atoms with Gasteiger partial charge in [-0.15, -0.1) is 0 Å². The number of anilines is 1. The second-order valence-electron chi connectivity index (χ2n) is 13.3. The third-order valence-corrected chi connectivity index (χ3v) is 10.4. The molecule has 47 heavy (non-hydrogen) atoms. The van der Waals surface area contributed by atoms with Gasteiger partial charge in [-0.05, 0) is 73.8 Å². The lowest BCUT2D eigenvalue weighted by Crippen LogP contribution is -2.56. The average Bonchev–Trinajstić information content (AvgIpc) is 3.27. The molecule has 4 amide bonds. The summed E-state index contributed by atoms with van der Waals surface area (Å²) in [6.45, 7) is 9.68. The van der Waals surface area contributed by atoms with Crippen LogP contribution in [0.2, 0.25) is 0 Å². The number of phenolic OH excluding ortho intramolecular Hbond substituents is 1. The maximum Gasteiger partial charge on any atom is 0.410 e. The molecule has 0 aliphatic carbocycles. The second kappa shape index (κ2) is 14.9. The molecule has 2 aromatic rings. The van der Waals surface area contributed by atoms with Crippen LogP contribution in [0, 0.1) is 6.92 Å². The molecule has 4 aliphatic rings. The van der Waals surface area contributed by atoms with Crippen LogP contribution in [0.15, 0.2) is 36.4 Å². The molecule has 0 spiro atoms. The van der Waals surface area contributed by atoms with Crippen LogP contribution in [0.25, 0.3) is 0 Å². The number of carbonyl (C=O) groups excluding carboxylic acids is 3. The third-order valence-electron chi connectivity index (χ3n) is 10.4. The number of aromatic hydroxyl groups is 1. The highest BCUT2D eigenvalue weighted by molar-refractivity contribution is 5.91. The van der Waals surface area contributed by atoms with E-state index in [1.807, 2.05) is 60.0 Å². The monoisotopic (exact) mass is 647 g/mol. The predicted octanol–water partition coefficient (Wildman–Crippen LogP) is 4.19. The maximum atomic E-state index is 14.0. The first-order valence-electron chi connectivity index (χ1n) is 17.3. The SMILES string of the molecule is CCc1cc(C[C@@H](OC(=O)N2CCC(N3CCc4ccccc4NC3=O)CC2)C(=O)N2CCN(C3CCOCC3)CC2)cc(C)c1O. The van der Waals surface area contributed by atoms with E-state index in [1.54, 1.807) is 4.90 Å². The number of nitrogens with one attached hydrogen (secondary N) is 1. The van der Waals surface area contributed by atoms with Gasteiger partial charge < -0.3 is 34.6 Å². The summed E-state index contributed by atoms with van der Waals surface area (Å²) in [5, 5.41) is 13.6. The van der Waals surface area contributed by atoms with Crippen LogP contribution in [0.4, 0.5) is 15.3 Å². The summed E-state index contributed by atoms with van der Waals surface area (Å²) >= 11 is 0. The third kappa shape index (κ3) is 7.67. The van der Waals surface area contributed by atoms with Crippen LogP contribution in [0.3, 0.4) is 0 Å². The number of benzene rings is 2. The topological polar surface area (TPSA) is 115 Å². The number of likely N-dealkylation sites (tertiary alicyclic amines) is 1. The fourth-order valence-corrected chi connectivity index (χ4v) is 7.57. The first-order valence-corrected chi connectivity index (χ1v) is 17.3. The van der Waals surface area contributed by atoms with Crippen molar-refractivity contribution in [3.63, 3.8) is 0 Å². The van der Waals surface area contributed by atoms with Crippen molar-refractivity contribution in [2.24, 2.45) is 0 Å². The summed E-state index contributed by atoms with van der Waals surface area (Å²) in [5.74, 6) is 0.0923. The molecule has 0 radical (unpaired) electrons. The Kier molecular flexibility index (Phi) is 10.5. The van der Waals surface area contributed by atoms with E-state index in [9.17, 15) is 19.5 Å². The Morgan fingerprint density at radius 3 is 2.40 bits per heavy atom. The number of aryl methyl sites for hydroxylation is 2. The molecule has 0 unspecified atom stereocenters. The van der Waals surface area contributed by atoms with Gasteiger partial charge in [0.2, 0.25) is 0 Å². The van der Waals surface area contributed by atoms with Gasteiger partial charge in [0, 0.05) is 83.2 Å². The van der Waals surface area contributed by atoms with Crippen molar-refractivity contribution in [1.82, 2.24) is 19.6 Å². The lowest BCUT2D eigenvalue weighted by Gasteiger charge is -2.41. The van der Waals surface area contributed by atoms with Gasteiger partial charge in [0.25, 0.3) is 5.91 Å². The number of phenols is 1. The van der Waals surface area contributed by atoms with E-state index in [0.29, 0.717) is 58.0 Å². The van der Waals surface area contributed by atoms with Gasteiger partial charge >= 0.3 is 12.1 Å². The van der Waals surface area contributed by atoms with Crippen LogP contribution < -0.4 is 5.32 Å². The summed E-state index contributed by atoms with van der Waals surface area (Å²) in [6.07, 6.45) is 3.51. The highest BCUT2D eigenvalue weighted by atomic mass is 16.6. The molecule has 3 saturated heterocycles. The number of para-hydroxylation sites is 1. The fraction of sp³-hybridized carbons (Fsp3) is 0.583. The van der Waals surface area contributed by atoms with Crippen LogP contribution in [-0.4, -0.2) is 120 Å². The van der Waals surface area contributed by atoms with Gasteiger partial charge in [0.05, 0.1) is 0 Å². The normalized spacial score (nSPS) is 20.7. The van der Waals surface area contributed by atoms with Crippen molar-refractivity contribution in [3.8, 4) is 5.75 Å². The number of hydrogen-bond donors (Lipinski definition) is 2. The Morgan fingerprint density at radius 2 is 1.68 bits per heavy atom. The first kappa shape index (κ1) is 33.1. The van der Waals surface area contributed by atoms with Gasteiger partial charge in [0.1, 0.15) is 5.75 Å². The zero-order chi connectivity index (χ0) is 32.9. The molecule has 0 bridgehead atoms. The molecule has 11 heteroatoms. The minimum atomic E-state index is -0.974. The standard InChI is InChI=1S/C36H49N5O6/c1-3-27-23-26(22-25(2)33(27)42)24-32(34(43)39-18-16-38(17-19-39)29-11-20-46-21-12-29)47-36(45)40-13-9-30(10-14-40)41-15-8-28-6-4-5-7-31(28)37-35(41)44/h4-7,22-23,29-30,32,42H,3,8-21,24H2,1-2H3,(H,37,44)/t32-/m1/s1. The number of rotatable bonds is 7. The van der Waals surface area contributed by atoms with E-state index < -0.39 is 12.2 Å². The summed E-state index contributed by atoms with van der Waals surface area (Å²) in [7, 11) is 0. The largest absolute Gasteiger partial charge is 0.507 e. The lowest BCUT2D eigenvalue weighted by atomic mass is 9.98. The van der Waals surface area contributed by atoms with Crippen molar-refractivity contribution in [1.29, 1.82) is 0 Å². The zero-order valence-corrected chi connectivity index (χ0v) is 27.8. The molecule has 4 heterocycles. The number of fused-ring (bicyclic) bond motifs is 1. The zero-order valence-electron chi connectivity index (χ0n) is 27.8. The number of nitrogens with zero attached hydrogens (tertiary/aromatic N) is 4. The van der Waals surface area contributed by atoms with Gasteiger partial charge in [-0.3, -0.25) is 9.69 Å². The number of hydrogen-bond acceptors (Lipinski definition) is 7. The van der Waals surface area contributed by atoms with Gasteiger partial charge in [-0.1, -0.05) is 37.3 Å². The number of piperazine rings is 1. The Labute approximate surface area is 277 Å². The molecular formula is C36H49N5O6. The van der Waals surface area contributed by atoms with E-state index in [-0.39, 0.29) is 30.2 Å². The average molecular weight is 648 g/mol. The molecule has 254 valence electrons. The minimum Gasteiger partial charge on any atom is -0.507 e. The van der Waals surface area contributed by atoms with E-state index in [2.05, 4.69) is 10.2 Å². The minimum absolute atomic E-state index is 0.0188. The maximum absolute atomic E-state index is 14.0. The van der Waals surface area contributed by atoms with Gasteiger partial charge in [-0.25, -0.2) is 9.59 Å². The Bertz CT molecular complexity index is 1430. The van der Waals surface area contributed by atoms with Crippen LogP contribution in [0.5, 0.6) is 5.75 Å². The van der Waals surface area contributed by atoms with Gasteiger partial charge in [-0.2, -0.15) is 0 Å². The number of amides is 4. The van der Waals surface area contributed by atoms with Crippen molar-refractivity contribution < 1.29 is 29.0 Å². The molecule has 1 atom stereocenters. The van der Waals surface area contributed by atoms with E-state index >= 15 is 0 Å². The molecule has 2 N–H and O–H groups in total. The molecule has 11 nitrogen and oxygen atoms in total. The van der Waals surface area contributed by atoms with E-state index in [4.69, 9.17) is 9.47 Å². The quantitative estimate of drug-likeness (QED) is 0.463.